The van der Waals surface area contributed by atoms with Crippen LogP contribution in [0, 0.1) is 0 Å². The first-order valence-corrected chi connectivity index (χ1v) is 6.20. The Hall–Kier alpha value is -2.01. The maximum atomic E-state index is 12.3. The number of halogens is 1. The molecule has 1 heterocycles. The first-order chi connectivity index (χ1) is 9.00. The molecule has 1 atom stereocenters. The number of hydrogen-bond acceptors (Lipinski definition) is 3. The molecule has 0 spiro atoms. The number of carbonyl (C=O) groups excluding carboxylic acids is 1. The molecule has 0 saturated carbocycles. The first kappa shape index (κ1) is 13.4. The van der Waals surface area contributed by atoms with Gasteiger partial charge in [-0.2, -0.15) is 5.10 Å². The lowest BCUT2D eigenvalue weighted by Crippen LogP contribution is -2.29. The second-order valence-electron chi connectivity index (χ2n) is 4.34. The fourth-order valence-corrected chi connectivity index (χ4v) is 2.02. The van der Waals surface area contributed by atoms with Crippen molar-refractivity contribution in [3.8, 4) is 0 Å². The summed E-state index contributed by atoms with van der Waals surface area (Å²) in [5.41, 5.74) is 6.99. The minimum absolute atomic E-state index is 0.111. The molecule has 1 aromatic heterocycles. The zero-order valence-electron chi connectivity index (χ0n) is 10.7. The van der Waals surface area contributed by atoms with Gasteiger partial charge >= 0.3 is 0 Å². The number of nitrogens with zero attached hydrogens (tertiary/aromatic N) is 2. The van der Waals surface area contributed by atoms with Crippen LogP contribution in [0.1, 0.15) is 28.9 Å². The fourth-order valence-electron chi connectivity index (χ4n) is 1.82. The van der Waals surface area contributed by atoms with Gasteiger partial charge in [0.25, 0.3) is 5.91 Å². The molecule has 0 saturated heterocycles. The van der Waals surface area contributed by atoms with Crippen LogP contribution in [-0.4, -0.2) is 28.1 Å². The van der Waals surface area contributed by atoms with Crippen molar-refractivity contribution in [3.63, 3.8) is 0 Å². The summed E-state index contributed by atoms with van der Waals surface area (Å²) >= 11 is 5.96. The number of nitrogens with two attached hydrogens (primary N) is 1. The minimum Gasteiger partial charge on any atom is -0.383 e. The molecule has 1 amide bonds. The van der Waals surface area contributed by atoms with E-state index in [2.05, 4.69) is 10.2 Å². The normalized spacial score (nSPS) is 12.2. The van der Waals surface area contributed by atoms with E-state index < -0.39 is 0 Å². The van der Waals surface area contributed by atoms with Crippen LogP contribution in [0.3, 0.4) is 0 Å². The second kappa shape index (κ2) is 5.32. The predicted molar refractivity (Wildman–Crippen MR) is 75.0 cm³/mol. The first-order valence-electron chi connectivity index (χ1n) is 5.82. The maximum absolute atomic E-state index is 12.3. The van der Waals surface area contributed by atoms with E-state index in [1.165, 1.54) is 6.20 Å². The number of carbonyl (C=O) groups is 1. The maximum Gasteiger partial charge on any atom is 0.259 e. The Labute approximate surface area is 116 Å². The summed E-state index contributed by atoms with van der Waals surface area (Å²) in [6.07, 6.45) is 1.43. The van der Waals surface area contributed by atoms with Crippen molar-refractivity contribution < 1.29 is 4.79 Å². The number of aromatic nitrogens is 2. The van der Waals surface area contributed by atoms with Gasteiger partial charge in [-0.3, -0.25) is 9.89 Å². The topological polar surface area (TPSA) is 75.0 Å². The Morgan fingerprint density at radius 1 is 1.53 bits per heavy atom. The van der Waals surface area contributed by atoms with Crippen LogP contribution in [0.2, 0.25) is 5.02 Å². The molecule has 0 aliphatic rings. The smallest absolute Gasteiger partial charge is 0.259 e. The lowest BCUT2D eigenvalue weighted by atomic mass is 10.1. The molecule has 3 N–H and O–H groups in total. The molecule has 100 valence electrons. The summed E-state index contributed by atoms with van der Waals surface area (Å²) in [5.74, 6) is 0.0915. The molecule has 0 fully saturated rings. The highest BCUT2D eigenvalue weighted by atomic mass is 35.5. The van der Waals surface area contributed by atoms with Gasteiger partial charge in [-0.05, 0) is 24.6 Å². The third-order valence-electron chi connectivity index (χ3n) is 3.13. The molecule has 2 aromatic rings. The number of aromatic amines is 1. The second-order valence-corrected chi connectivity index (χ2v) is 4.78. The van der Waals surface area contributed by atoms with E-state index in [0.29, 0.717) is 10.6 Å². The molecule has 6 heteroatoms. The number of nitrogens with one attached hydrogen (secondary N) is 1. The summed E-state index contributed by atoms with van der Waals surface area (Å²) in [4.78, 5) is 13.9. The van der Waals surface area contributed by atoms with Crippen LogP contribution >= 0.6 is 11.6 Å². The average Bonchev–Trinajstić information content (AvgIpc) is 2.82. The molecule has 0 bridgehead atoms. The molecule has 1 aromatic carbocycles. The van der Waals surface area contributed by atoms with Crippen LogP contribution < -0.4 is 5.73 Å². The molecular formula is C13H15ClN4O. The Kier molecular flexibility index (Phi) is 3.76. The summed E-state index contributed by atoms with van der Waals surface area (Å²) < 4.78 is 0. The number of H-pyrrole nitrogens is 1. The van der Waals surface area contributed by atoms with Crippen molar-refractivity contribution in [3.05, 3.63) is 46.6 Å². The molecule has 1 unspecified atom stereocenters. The highest BCUT2D eigenvalue weighted by molar-refractivity contribution is 6.30. The van der Waals surface area contributed by atoms with Gasteiger partial charge in [-0.1, -0.05) is 23.7 Å². The molecule has 5 nitrogen and oxygen atoms in total. The van der Waals surface area contributed by atoms with E-state index in [1.807, 2.05) is 25.1 Å². The zero-order chi connectivity index (χ0) is 14.0. The number of rotatable bonds is 3. The SMILES string of the molecule is CC(c1cccc(Cl)c1)N(C)C(=O)c1cn[nH]c1N. The van der Waals surface area contributed by atoms with Crippen molar-refractivity contribution in [2.45, 2.75) is 13.0 Å². The monoisotopic (exact) mass is 278 g/mol. The van der Waals surface area contributed by atoms with E-state index in [-0.39, 0.29) is 17.8 Å². The van der Waals surface area contributed by atoms with Crippen LogP contribution in [0.25, 0.3) is 0 Å². The van der Waals surface area contributed by atoms with Crippen molar-refractivity contribution in [1.29, 1.82) is 0 Å². The van der Waals surface area contributed by atoms with Crippen molar-refractivity contribution >= 4 is 23.3 Å². The van der Waals surface area contributed by atoms with Crippen molar-refractivity contribution in [2.75, 3.05) is 12.8 Å². The Morgan fingerprint density at radius 2 is 2.26 bits per heavy atom. The summed E-state index contributed by atoms with van der Waals surface area (Å²) in [7, 11) is 1.72. The van der Waals surface area contributed by atoms with Gasteiger partial charge in [-0.25, -0.2) is 0 Å². The van der Waals surface area contributed by atoms with Gasteiger partial charge < -0.3 is 10.6 Å². The van der Waals surface area contributed by atoms with Gasteiger partial charge in [0.1, 0.15) is 11.4 Å². The Morgan fingerprint density at radius 3 is 2.84 bits per heavy atom. The highest BCUT2D eigenvalue weighted by Gasteiger charge is 2.21. The third kappa shape index (κ3) is 2.71. The number of amides is 1. The van der Waals surface area contributed by atoms with Gasteiger partial charge in [-0.15, -0.1) is 0 Å². The van der Waals surface area contributed by atoms with E-state index in [0.717, 1.165) is 5.56 Å². The molecule has 0 radical (unpaired) electrons. The van der Waals surface area contributed by atoms with Crippen molar-refractivity contribution in [1.82, 2.24) is 15.1 Å². The van der Waals surface area contributed by atoms with Crippen LogP contribution in [0.15, 0.2) is 30.5 Å². The molecule has 2 rings (SSSR count). The predicted octanol–water partition coefficient (Wildman–Crippen LogP) is 2.48. The minimum atomic E-state index is -0.182. The number of hydrogen-bond donors (Lipinski definition) is 2. The fraction of sp³-hybridized carbons (Fsp3) is 0.231. The van der Waals surface area contributed by atoms with E-state index in [4.69, 9.17) is 17.3 Å². The van der Waals surface area contributed by atoms with Crippen molar-refractivity contribution in [2.24, 2.45) is 0 Å². The zero-order valence-corrected chi connectivity index (χ0v) is 11.5. The third-order valence-corrected chi connectivity index (χ3v) is 3.37. The largest absolute Gasteiger partial charge is 0.383 e. The van der Waals surface area contributed by atoms with E-state index >= 15 is 0 Å². The quantitative estimate of drug-likeness (QED) is 0.906. The lowest BCUT2D eigenvalue weighted by Gasteiger charge is -2.25. The molecule has 19 heavy (non-hydrogen) atoms. The van der Waals surface area contributed by atoms with Crippen LogP contribution in [-0.2, 0) is 0 Å². The molecule has 0 aliphatic carbocycles. The van der Waals surface area contributed by atoms with Crippen LogP contribution in [0.5, 0.6) is 0 Å². The summed E-state index contributed by atoms with van der Waals surface area (Å²) in [6.45, 7) is 1.93. The molecule has 0 aliphatic heterocycles. The standard InChI is InChI=1S/C13H15ClN4O/c1-8(9-4-3-5-10(14)6-9)18(2)13(19)11-7-16-17-12(11)15/h3-8H,1-2H3,(H3,15,16,17). The summed E-state index contributed by atoms with van der Waals surface area (Å²) in [6, 6.07) is 7.32. The molecular weight excluding hydrogens is 264 g/mol. The Balaban J connectivity index is 2.22. The number of benzene rings is 1. The van der Waals surface area contributed by atoms with Gasteiger partial charge in [0.05, 0.1) is 12.2 Å². The van der Waals surface area contributed by atoms with Gasteiger partial charge in [0.15, 0.2) is 0 Å². The van der Waals surface area contributed by atoms with E-state index in [9.17, 15) is 4.79 Å². The average molecular weight is 279 g/mol. The number of nitrogen functional groups attached to an aromatic ring is 1. The van der Waals surface area contributed by atoms with E-state index in [1.54, 1.807) is 18.0 Å². The summed E-state index contributed by atoms with van der Waals surface area (Å²) in [5, 5.41) is 6.95. The van der Waals surface area contributed by atoms with Gasteiger partial charge in [0.2, 0.25) is 0 Å². The lowest BCUT2D eigenvalue weighted by molar-refractivity contribution is 0.0744. The van der Waals surface area contributed by atoms with Gasteiger partial charge in [0, 0.05) is 12.1 Å². The highest BCUT2D eigenvalue weighted by Crippen LogP contribution is 2.24. The Bertz CT molecular complexity index is 596. The number of anilines is 1. The van der Waals surface area contributed by atoms with Crippen LogP contribution in [0.4, 0.5) is 5.82 Å².